The van der Waals surface area contributed by atoms with E-state index in [0.717, 1.165) is 55.3 Å². The average molecular weight is 505 g/mol. The summed E-state index contributed by atoms with van der Waals surface area (Å²) in [4.78, 5) is 30.3. The second-order valence-corrected chi connectivity index (χ2v) is 12.2. The third-order valence-electron chi connectivity index (χ3n) is 8.44. The molecule has 0 atom stereocenters. The number of carboxylic acid groups (broad SMARTS) is 1. The molecule has 2 aliphatic rings. The first-order valence-electron chi connectivity index (χ1n) is 13.9. The highest BCUT2D eigenvalue weighted by Gasteiger charge is 2.30. The first-order chi connectivity index (χ1) is 17.7. The molecule has 8 heteroatoms. The molecule has 37 heavy (non-hydrogen) atoms. The van der Waals surface area contributed by atoms with Crippen molar-refractivity contribution in [2.75, 3.05) is 11.9 Å². The lowest BCUT2D eigenvalue weighted by Gasteiger charge is -2.34. The summed E-state index contributed by atoms with van der Waals surface area (Å²) in [5.41, 5.74) is 3.57. The molecule has 0 spiro atoms. The fraction of sp³-hybridized carbons (Fsp3) is 0.621. The highest BCUT2D eigenvalue weighted by molar-refractivity contribution is 5.92. The Labute approximate surface area is 219 Å². The molecular weight excluding hydrogens is 464 g/mol. The Balaban J connectivity index is 1.59. The van der Waals surface area contributed by atoms with Crippen LogP contribution in [-0.2, 0) is 6.54 Å². The lowest BCUT2D eigenvalue weighted by atomic mass is 9.73. The third-order valence-corrected chi connectivity index (χ3v) is 8.44. The minimum atomic E-state index is -1.14. The van der Waals surface area contributed by atoms with Crippen molar-refractivity contribution in [2.24, 2.45) is 17.3 Å². The van der Waals surface area contributed by atoms with Gasteiger partial charge in [-0.15, -0.1) is 0 Å². The molecule has 3 aromatic rings. The van der Waals surface area contributed by atoms with Crippen molar-refractivity contribution >= 4 is 23.0 Å². The lowest BCUT2D eigenvalue weighted by molar-refractivity contribution is 0.0684. The second kappa shape index (κ2) is 10.4. The number of hydrogen-bond acceptors (Lipinski definition) is 6. The lowest BCUT2D eigenvalue weighted by Crippen LogP contribution is -2.24. The van der Waals surface area contributed by atoms with Gasteiger partial charge in [-0.1, -0.05) is 47.0 Å². The van der Waals surface area contributed by atoms with Crippen LogP contribution in [0.25, 0.3) is 22.7 Å². The van der Waals surface area contributed by atoms with E-state index in [2.05, 4.69) is 58.6 Å². The second-order valence-electron chi connectivity index (χ2n) is 12.2. The highest BCUT2D eigenvalue weighted by Crippen LogP contribution is 2.40. The van der Waals surface area contributed by atoms with Crippen LogP contribution in [0.15, 0.2) is 18.3 Å². The van der Waals surface area contributed by atoms with E-state index < -0.39 is 5.97 Å². The van der Waals surface area contributed by atoms with Crippen molar-refractivity contribution < 1.29 is 9.90 Å². The van der Waals surface area contributed by atoms with Gasteiger partial charge in [-0.2, -0.15) is 0 Å². The van der Waals surface area contributed by atoms with Crippen molar-refractivity contribution in [3.05, 3.63) is 29.7 Å². The van der Waals surface area contributed by atoms with E-state index in [0.29, 0.717) is 28.7 Å². The topological polar surface area (TPSA) is 106 Å². The third kappa shape index (κ3) is 5.63. The van der Waals surface area contributed by atoms with Crippen LogP contribution >= 0.6 is 0 Å². The van der Waals surface area contributed by atoms with E-state index in [4.69, 9.17) is 4.98 Å². The molecule has 8 nitrogen and oxygen atoms in total. The van der Waals surface area contributed by atoms with Crippen molar-refractivity contribution in [3.8, 4) is 11.5 Å². The van der Waals surface area contributed by atoms with Gasteiger partial charge >= 0.3 is 5.97 Å². The number of fused-ring (bicyclic) bond motifs is 1. The zero-order valence-corrected chi connectivity index (χ0v) is 22.6. The molecular formula is C29H40N6O2. The Bertz CT molecular complexity index is 1270. The molecule has 5 rings (SSSR count). The minimum Gasteiger partial charge on any atom is -0.475 e. The Morgan fingerprint density at radius 1 is 1.14 bits per heavy atom. The van der Waals surface area contributed by atoms with Gasteiger partial charge in [0.25, 0.3) is 0 Å². The summed E-state index contributed by atoms with van der Waals surface area (Å²) in [6.07, 6.45) is 11.5. The first kappa shape index (κ1) is 25.6. The molecule has 0 saturated heterocycles. The minimum absolute atomic E-state index is 0.224. The Morgan fingerprint density at radius 3 is 2.54 bits per heavy atom. The van der Waals surface area contributed by atoms with Gasteiger partial charge in [0.05, 0.1) is 0 Å². The number of pyridine rings is 1. The molecule has 3 heterocycles. The number of carboxylic acids is 1. The van der Waals surface area contributed by atoms with E-state index >= 15 is 0 Å². The standard InChI is InChI=1S/C29H40N6O2/c1-18(2)21-11-15-30-22(16-21)27-34-25-23(35(27)17-20-8-12-29(3,4)13-9-20)24(32-26(33-25)28(36)37)31-14-10-19-6-5-7-19/h11,15-16,18-20H,5-10,12-14,17H2,1-4H3,(H,36,37)(H,31,32,33). The molecule has 0 radical (unpaired) electrons. The van der Waals surface area contributed by atoms with Gasteiger partial charge in [0.1, 0.15) is 11.2 Å². The van der Waals surface area contributed by atoms with Crippen LogP contribution in [-0.4, -0.2) is 42.1 Å². The summed E-state index contributed by atoms with van der Waals surface area (Å²) in [7, 11) is 0. The van der Waals surface area contributed by atoms with Crippen LogP contribution in [0.1, 0.15) is 101 Å². The number of nitrogens with zero attached hydrogens (tertiary/aromatic N) is 5. The molecule has 2 saturated carbocycles. The molecule has 3 aromatic heterocycles. The summed E-state index contributed by atoms with van der Waals surface area (Å²) in [5, 5.41) is 13.2. The van der Waals surface area contributed by atoms with E-state index in [9.17, 15) is 9.90 Å². The van der Waals surface area contributed by atoms with Crippen LogP contribution in [0, 0.1) is 17.3 Å². The quantitative estimate of drug-likeness (QED) is 0.341. The average Bonchev–Trinajstić information content (AvgIpc) is 3.20. The van der Waals surface area contributed by atoms with Gasteiger partial charge in [-0.05, 0) is 73.0 Å². The smallest absolute Gasteiger partial charge is 0.374 e. The number of nitrogens with one attached hydrogen (secondary N) is 1. The fourth-order valence-corrected chi connectivity index (χ4v) is 5.63. The van der Waals surface area contributed by atoms with Crippen molar-refractivity contribution in [1.29, 1.82) is 0 Å². The number of anilines is 1. The highest BCUT2D eigenvalue weighted by atomic mass is 16.4. The number of aromatic nitrogens is 5. The number of hydrogen-bond donors (Lipinski definition) is 2. The summed E-state index contributed by atoms with van der Waals surface area (Å²) in [6, 6.07) is 4.14. The van der Waals surface area contributed by atoms with Gasteiger partial charge in [-0.25, -0.2) is 19.7 Å². The Kier molecular flexibility index (Phi) is 7.19. The number of carbonyl (C=O) groups is 1. The molecule has 0 aromatic carbocycles. The summed E-state index contributed by atoms with van der Waals surface area (Å²) < 4.78 is 2.21. The summed E-state index contributed by atoms with van der Waals surface area (Å²) in [5.74, 6) is 1.56. The monoisotopic (exact) mass is 504 g/mol. The number of imidazole rings is 1. The number of rotatable bonds is 9. The Morgan fingerprint density at radius 2 is 1.89 bits per heavy atom. The van der Waals surface area contributed by atoms with Crippen LogP contribution in [0.5, 0.6) is 0 Å². The normalized spacial score (nSPS) is 18.3. The summed E-state index contributed by atoms with van der Waals surface area (Å²) >= 11 is 0. The zero-order chi connectivity index (χ0) is 26.2. The van der Waals surface area contributed by atoms with Crippen LogP contribution in [0.4, 0.5) is 5.82 Å². The molecule has 0 aliphatic heterocycles. The molecule has 0 amide bonds. The van der Waals surface area contributed by atoms with Crippen molar-refractivity contribution in [3.63, 3.8) is 0 Å². The van der Waals surface area contributed by atoms with Crippen LogP contribution in [0.2, 0.25) is 0 Å². The Hall–Kier alpha value is -3.03. The molecule has 198 valence electrons. The largest absolute Gasteiger partial charge is 0.475 e. The van der Waals surface area contributed by atoms with Crippen LogP contribution < -0.4 is 5.32 Å². The predicted octanol–water partition coefficient (Wildman–Crippen LogP) is 6.53. The van der Waals surface area contributed by atoms with E-state index in [1.807, 2.05) is 12.3 Å². The van der Waals surface area contributed by atoms with E-state index in [1.165, 1.54) is 37.7 Å². The molecule has 2 fully saturated rings. The van der Waals surface area contributed by atoms with Gasteiger partial charge in [0.15, 0.2) is 17.3 Å². The van der Waals surface area contributed by atoms with Gasteiger partial charge < -0.3 is 15.0 Å². The maximum Gasteiger partial charge on any atom is 0.374 e. The zero-order valence-electron chi connectivity index (χ0n) is 22.6. The van der Waals surface area contributed by atoms with Crippen molar-refractivity contribution in [2.45, 2.75) is 91.5 Å². The maximum atomic E-state index is 11.9. The molecule has 0 unspecified atom stereocenters. The van der Waals surface area contributed by atoms with Crippen molar-refractivity contribution in [1.82, 2.24) is 24.5 Å². The SMILES string of the molecule is CC(C)c1ccnc(-c2nc3nc(C(=O)O)nc(NCCC4CCC4)c3n2CC2CCC(C)(C)CC2)c1. The molecule has 2 N–H and O–H groups in total. The first-order valence-corrected chi connectivity index (χ1v) is 13.9. The van der Waals surface area contributed by atoms with E-state index in [1.54, 1.807) is 0 Å². The maximum absolute atomic E-state index is 11.9. The van der Waals surface area contributed by atoms with Gasteiger partial charge in [-0.3, -0.25) is 4.98 Å². The predicted molar refractivity (Wildman–Crippen MR) is 146 cm³/mol. The fourth-order valence-electron chi connectivity index (χ4n) is 5.63. The molecule has 2 aliphatic carbocycles. The summed E-state index contributed by atoms with van der Waals surface area (Å²) in [6.45, 7) is 10.6. The van der Waals surface area contributed by atoms with E-state index in [-0.39, 0.29) is 5.82 Å². The number of aromatic carboxylic acids is 1. The van der Waals surface area contributed by atoms with Gasteiger partial charge in [0, 0.05) is 19.3 Å². The molecule has 0 bridgehead atoms. The van der Waals surface area contributed by atoms with Crippen LogP contribution in [0.3, 0.4) is 0 Å². The van der Waals surface area contributed by atoms with Gasteiger partial charge in [0.2, 0.25) is 5.82 Å².